The summed E-state index contributed by atoms with van der Waals surface area (Å²) in [6.45, 7) is 3.78. The molecule has 2 rings (SSSR count). The SMILES string of the molecule is CCCOc1cccc(CCN2CC(CS(N)(=O)=O)CC2=O)c1. The van der Waals surface area contributed by atoms with Crippen LogP contribution in [0, 0.1) is 5.92 Å². The molecule has 1 fully saturated rings. The largest absolute Gasteiger partial charge is 0.494 e. The van der Waals surface area contributed by atoms with Crippen molar-refractivity contribution in [3.05, 3.63) is 29.8 Å². The molecule has 128 valence electrons. The highest BCUT2D eigenvalue weighted by Gasteiger charge is 2.31. The Bertz CT molecular complexity index is 645. The van der Waals surface area contributed by atoms with Gasteiger partial charge in [0.15, 0.2) is 0 Å². The van der Waals surface area contributed by atoms with E-state index in [2.05, 4.69) is 6.92 Å². The molecule has 1 amide bonds. The van der Waals surface area contributed by atoms with E-state index in [1.807, 2.05) is 24.3 Å². The maximum atomic E-state index is 12.0. The number of likely N-dealkylation sites (tertiary alicyclic amines) is 1. The number of sulfonamides is 1. The molecule has 0 bridgehead atoms. The highest BCUT2D eigenvalue weighted by Crippen LogP contribution is 2.20. The number of ether oxygens (including phenoxy) is 1. The number of primary sulfonamides is 1. The fourth-order valence-corrected chi connectivity index (χ4v) is 3.67. The average Bonchev–Trinajstić information content (AvgIpc) is 2.81. The van der Waals surface area contributed by atoms with Gasteiger partial charge in [-0.3, -0.25) is 4.79 Å². The summed E-state index contributed by atoms with van der Waals surface area (Å²) in [6.07, 6.45) is 1.94. The van der Waals surface area contributed by atoms with Gasteiger partial charge in [-0.1, -0.05) is 19.1 Å². The van der Waals surface area contributed by atoms with Crippen molar-refractivity contribution < 1.29 is 17.9 Å². The summed E-state index contributed by atoms with van der Waals surface area (Å²) in [4.78, 5) is 13.7. The monoisotopic (exact) mass is 340 g/mol. The van der Waals surface area contributed by atoms with E-state index in [-0.39, 0.29) is 24.0 Å². The van der Waals surface area contributed by atoms with Crippen molar-refractivity contribution in [1.29, 1.82) is 0 Å². The van der Waals surface area contributed by atoms with Crippen LogP contribution in [0.1, 0.15) is 25.3 Å². The number of hydrogen-bond donors (Lipinski definition) is 1. The highest BCUT2D eigenvalue weighted by molar-refractivity contribution is 7.89. The second-order valence-corrected chi connectivity index (χ2v) is 7.64. The van der Waals surface area contributed by atoms with Gasteiger partial charge in [0.05, 0.1) is 12.4 Å². The molecule has 1 aromatic rings. The number of amides is 1. The van der Waals surface area contributed by atoms with Crippen molar-refractivity contribution in [3.63, 3.8) is 0 Å². The minimum absolute atomic E-state index is 0.00274. The number of nitrogens with two attached hydrogens (primary N) is 1. The van der Waals surface area contributed by atoms with Gasteiger partial charge in [-0.15, -0.1) is 0 Å². The van der Waals surface area contributed by atoms with Gasteiger partial charge >= 0.3 is 0 Å². The van der Waals surface area contributed by atoms with Gasteiger partial charge in [-0.25, -0.2) is 13.6 Å². The van der Waals surface area contributed by atoms with E-state index in [9.17, 15) is 13.2 Å². The Labute approximate surface area is 137 Å². The Morgan fingerprint density at radius 2 is 2.17 bits per heavy atom. The molecule has 1 aromatic carbocycles. The first-order chi connectivity index (χ1) is 10.9. The van der Waals surface area contributed by atoms with Gasteiger partial charge in [-0.05, 0) is 30.5 Å². The van der Waals surface area contributed by atoms with Gasteiger partial charge in [0.1, 0.15) is 5.75 Å². The van der Waals surface area contributed by atoms with E-state index in [1.165, 1.54) is 0 Å². The lowest BCUT2D eigenvalue weighted by molar-refractivity contribution is -0.127. The van der Waals surface area contributed by atoms with Gasteiger partial charge < -0.3 is 9.64 Å². The van der Waals surface area contributed by atoms with E-state index >= 15 is 0 Å². The summed E-state index contributed by atoms with van der Waals surface area (Å²) in [5.74, 6) is 0.508. The topological polar surface area (TPSA) is 89.7 Å². The maximum absolute atomic E-state index is 12.0. The summed E-state index contributed by atoms with van der Waals surface area (Å²) in [5, 5.41) is 5.06. The van der Waals surface area contributed by atoms with Gasteiger partial charge in [0.25, 0.3) is 0 Å². The van der Waals surface area contributed by atoms with Crippen LogP contribution >= 0.6 is 0 Å². The highest BCUT2D eigenvalue weighted by atomic mass is 32.2. The molecule has 0 spiro atoms. The zero-order valence-electron chi connectivity index (χ0n) is 13.4. The number of rotatable bonds is 8. The Balaban J connectivity index is 1.87. The molecule has 1 aliphatic rings. The van der Waals surface area contributed by atoms with E-state index in [0.717, 1.165) is 24.2 Å². The standard InChI is InChI=1S/C16H24N2O4S/c1-2-8-22-15-5-3-4-13(9-15)6-7-18-11-14(10-16(18)19)12-23(17,20)21/h3-5,9,14H,2,6-8,10-12H2,1H3,(H2,17,20,21). The maximum Gasteiger partial charge on any atom is 0.222 e. The van der Waals surface area contributed by atoms with Crippen molar-refractivity contribution in [2.75, 3.05) is 25.4 Å². The van der Waals surface area contributed by atoms with E-state index in [4.69, 9.17) is 9.88 Å². The lowest BCUT2D eigenvalue weighted by Crippen LogP contribution is -2.29. The number of nitrogens with zero attached hydrogens (tertiary/aromatic N) is 1. The van der Waals surface area contributed by atoms with Crippen LogP contribution in [-0.2, 0) is 21.2 Å². The van der Waals surface area contributed by atoms with Crippen molar-refractivity contribution in [1.82, 2.24) is 4.90 Å². The Kier molecular flexibility index (Phi) is 6.01. The van der Waals surface area contributed by atoms with Crippen LogP contribution in [0.2, 0.25) is 0 Å². The van der Waals surface area contributed by atoms with Gasteiger partial charge in [-0.2, -0.15) is 0 Å². The third-order valence-corrected chi connectivity index (χ3v) is 4.74. The first-order valence-corrected chi connectivity index (χ1v) is 9.59. The van der Waals surface area contributed by atoms with Crippen LogP contribution in [0.25, 0.3) is 0 Å². The van der Waals surface area contributed by atoms with Crippen LogP contribution in [0.15, 0.2) is 24.3 Å². The lowest BCUT2D eigenvalue weighted by Gasteiger charge is -2.16. The Morgan fingerprint density at radius 3 is 2.87 bits per heavy atom. The zero-order valence-corrected chi connectivity index (χ0v) is 14.2. The minimum atomic E-state index is -3.53. The smallest absolute Gasteiger partial charge is 0.222 e. The number of benzene rings is 1. The van der Waals surface area contributed by atoms with Crippen molar-refractivity contribution in [2.24, 2.45) is 11.1 Å². The zero-order chi connectivity index (χ0) is 16.9. The molecule has 1 unspecified atom stereocenters. The summed E-state index contributed by atoms with van der Waals surface area (Å²) in [6, 6.07) is 7.84. The summed E-state index contributed by atoms with van der Waals surface area (Å²) < 4.78 is 27.9. The van der Waals surface area contributed by atoms with Crippen LogP contribution < -0.4 is 9.88 Å². The van der Waals surface area contributed by atoms with Crippen molar-refractivity contribution >= 4 is 15.9 Å². The average molecular weight is 340 g/mol. The molecular formula is C16H24N2O4S. The molecular weight excluding hydrogens is 316 g/mol. The molecule has 1 saturated heterocycles. The molecule has 23 heavy (non-hydrogen) atoms. The number of carbonyl (C=O) groups is 1. The summed E-state index contributed by atoms with van der Waals surface area (Å²) >= 11 is 0. The van der Waals surface area contributed by atoms with Crippen LogP contribution in [-0.4, -0.2) is 44.7 Å². The van der Waals surface area contributed by atoms with Gasteiger partial charge in [0, 0.05) is 25.4 Å². The number of hydrogen-bond acceptors (Lipinski definition) is 4. The molecule has 2 N–H and O–H groups in total. The molecule has 6 nitrogen and oxygen atoms in total. The number of carbonyl (C=O) groups excluding carboxylic acids is 1. The Hall–Kier alpha value is -1.60. The Morgan fingerprint density at radius 1 is 1.39 bits per heavy atom. The van der Waals surface area contributed by atoms with Crippen molar-refractivity contribution in [3.8, 4) is 5.75 Å². The molecule has 7 heteroatoms. The molecule has 0 aliphatic carbocycles. The second kappa shape index (κ2) is 7.79. The molecule has 1 atom stereocenters. The molecule has 0 radical (unpaired) electrons. The van der Waals surface area contributed by atoms with Gasteiger partial charge in [0.2, 0.25) is 15.9 Å². The van der Waals surface area contributed by atoms with E-state index < -0.39 is 10.0 Å². The lowest BCUT2D eigenvalue weighted by atomic mass is 10.1. The fraction of sp³-hybridized carbons (Fsp3) is 0.562. The van der Waals surface area contributed by atoms with Crippen LogP contribution in [0.5, 0.6) is 5.75 Å². The minimum Gasteiger partial charge on any atom is -0.494 e. The third kappa shape index (κ3) is 5.84. The summed E-state index contributed by atoms with van der Waals surface area (Å²) in [7, 11) is -3.53. The molecule has 1 heterocycles. The predicted molar refractivity (Wildman–Crippen MR) is 88.6 cm³/mol. The predicted octanol–water partition coefficient (Wildman–Crippen LogP) is 1.15. The fourth-order valence-electron chi connectivity index (χ4n) is 2.78. The van der Waals surface area contributed by atoms with E-state index in [0.29, 0.717) is 19.7 Å². The van der Waals surface area contributed by atoms with Crippen molar-refractivity contribution in [2.45, 2.75) is 26.2 Å². The summed E-state index contributed by atoms with van der Waals surface area (Å²) in [5.41, 5.74) is 1.10. The first kappa shape index (κ1) is 17.7. The quantitative estimate of drug-likeness (QED) is 0.769. The second-order valence-electron chi connectivity index (χ2n) is 5.99. The third-order valence-electron chi connectivity index (χ3n) is 3.80. The van der Waals surface area contributed by atoms with E-state index in [1.54, 1.807) is 4.90 Å². The van der Waals surface area contributed by atoms with Crippen LogP contribution in [0.4, 0.5) is 0 Å². The van der Waals surface area contributed by atoms with Crippen LogP contribution in [0.3, 0.4) is 0 Å². The molecule has 0 aromatic heterocycles. The molecule has 1 aliphatic heterocycles. The first-order valence-electron chi connectivity index (χ1n) is 7.87. The molecule has 0 saturated carbocycles. The normalized spacial score (nSPS) is 18.4.